The number of nitrogens with two attached hydrogens (primary N) is 1. The Balaban J connectivity index is 1.53. The average molecular weight is 587 g/mol. The number of aromatic nitrogens is 3. The van der Waals surface area contributed by atoms with Gasteiger partial charge in [-0.2, -0.15) is 31.9 Å². The molecule has 0 unspecified atom stereocenters. The van der Waals surface area contributed by atoms with Crippen molar-refractivity contribution in [3.8, 4) is 17.3 Å². The normalized spacial score (nSPS) is 20.6. The van der Waals surface area contributed by atoms with E-state index in [1.54, 1.807) is 13.1 Å². The third-order valence-corrected chi connectivity index (χ3v) is 7.54. The molecule has 0 bridgehead atoms. The molecule has 2 aromatic heterocycles. The van der Waals surface area contributed by atoms with Gasteiger partial charge in [-0.05, 0) is 57.0 Å². The molecule has 2 saturated heterocycles. The van der Waals surface area contributed by atoms with Crippen LogP contribution in [0.1, 0.15) is 31.2 Å². The summed E-state index contributed by atoms with van der Waals surface area (Å²) >= 11 is 6.55. The number of piperidine rings is 1. The van der Waals surface area contributed by atoms with Gasteiger partial charge in [0.25, 0.3) is 0 Å². The largest absolute Gasteiger partial charge is 0.462 e. The molecule has 2 aliphatic heterocycles. The van der Waals surface area contributed by atoms with Crippen molar-refractivity contribution in [3.63, 3.8) is 0 Å². The minimum atomic E-state index is -4.69. The molecule has 14 heteroatoms. The van der Waals surface area contributed by atoms with E-state index in [0.29, 0.717) is 29.7 Å². The van der Waals surface area contributed by atoms with E-state index in [9.17, 15) is 22.0 Å². The van der Waals surface area contributed by atoms with Gasteiger partial charge in [-0.3, -0.25) is 4.90 Å². The van der Waals surface area contributed by atoms with Gasteiger partial charge >= 0.3 is 18.8 Å². The first-order valence-corrected chi connectivity index (χ1v) is 13.2. The zero-order chi connectivity index (χ0) is 28.6. The van der Waals surface area contributed by atoms with E-state index in [4.69, 9.17) is 22.1 Å². The molecule has 0 spiro atoms. The topological polar surface area (TPSA) is 89.6 Å². The molecule has 0 saturated carbocycles. The Hall–Kier alpha value is -3.03. The fourth-order valence-electron chi connectivity index (χ4n) is 5.25. The summed E-state index contributed by atoms with van der Waals surface area (Å²) in [6.07, 6.45) is -1.99. The molecule has 216 valence electrons. The molecular formula is C26H28ClF5N6O2. The summed E-state index contributed by atoms with van der Waals surface area (Å²) in [6, 6.07) is 4.74. The Bertz CT molecular complexity index is 1370. The van der Waals surface area contributed by atoms with Crippen LogP contribution in [-0.4, -0.2) is 71.9 Å². The molecule has 2 fully saturated rings. The number of rotatable bonds is 7. The van der Waals surface area contributed by atoms with Crippen LogP contribution in [0.5, 0.6) is 6.01 Å². The van der Waals surface area contributed by atoms with Gasteiger partial charge < -0.3 is 20.1 Å². The molecule has 3 aromatic rings. The average Bonchev–Trinajstić information content (AvgIpc) is 3.24. The van der Waals surface area contributed by atoms with Crippen molar-refractivity contribution in [1.29, 1.82) is 0 Å². The van der Waals surface area contributed by atoms with E-state index in [2.05, 4.69) is 24.6 Å². The zero-order valence-electron chi connectivity index (χ0n) is 21.6. The van der Waals surface area contributed by atoms with Gasteiger partial charge in [-0.25, -0.2) is 4.98 Å². The fourth-order valence-corrected chi connectivity index (χ4v) is 5.50. The molecule has 40 heavy (non-hydrogen) atoms. The number of pyridine rings is 1. The molecule has 5 rings (SSSR count). The van der Waals surface area contributed by atoms with Crippen LogP contribution in [0, 0.1) is 0 Å². The molecule has 2 N–H and O–H groups in total. The van der Waals surface area contributed by atoms with Gasteiger partial charge in [0.15, 0.2) is 0 Å². The summed E-state index contributed by atoms with van der Waals surface area (Å²) in [5.41, 5.74) is 4.69. The number of anilines is 2. The Morgan fingerprint density at radius 2 is 1.85 bits per heavy atom. The number of benzene rings is 1. The van der Waals surface area contributed by atoms with Gasteiger partial charge in [0.2, 0.25) is 0 Å². The number of hydrogen-bond acceptors (Lipinski definition) is 8. The van der Waals surface area contributed by atoms with Crippen LogP contribution in [0.15, 0.2) is 24.3 Å². The molecule has 0 aliphatic carbocycles. The van der Waals surface area contributed by atoms with Crippen LogP contribution in [0.3, 0.4) is 0 Å². The lowest BCUT2D eigenvalue weighted by Gasteiger charge is -2.29. The van der Waals surface area contributed by atoms with Crippen molar-refractivity contribution >= 4 is 34.1 Å². The van der Waals surface area contributed by atoms with E-state index >= 15 is 0 Å². The molecule has 4 heterocycles. The lowest BCUT2D eigenvalue weighted by molar-refractivity contribution is -0.158. The number of halogens is 6. The second-order valence-corrected chi connectivity index (χ2v) is 10.4. The summed E-state index contributed by atoms with van der Waals surface area (Å²) in [5.74, 6) is 0.470. The summed E-state index contributed by atoms with van der Waals surface area (Å²) in [7, 11) is 1.79. The standard InChI is InChI=1S/C26H28ClF5N6O2/c1-37-12-15(40-24(28)29)9-14(37)13-39-25-34-20-11-16(22-18(26(30,31)32)5-6-21(33)35-22)19(27)10-17(20)23(36-25)38-7-3-2-4-8-38/h5-6,10-11,14-15,24H,2-4,7-9,12-13H2,1H3,(H2,33,35)/t14-,15+/m0/s1. The predicted molar refractivity (Wildman–Crippen MR) is 141 cm³/mol. The van der Waals surface area contributed by atoms with E-state index in [0.717, 1.165) is 44.5 Å². The van der Waals surface area contributed by atoms with E-state index < -0.39 is 30.1 Å². The first-order valence-electron chi connectivity index (χ1n) is 12.9. The summed E-state index contributed by atoms with van der Waals surface area (Å²) in [6.45, 7) is -0.954. The van der Waals surface area contributed by atoms with Crippen molar-refractivity contribution in [2.45, 2.75) is 50.6 Å². The van der Waals surface area contributed by atoms with Crippen molar-refractivity contribution in [3.05, 3.63) is 34.9 Å². The van der Waals surface area contributed by atoms with Crippen molar-refractivity contribution in [2.75, 3.05) is 43.9 Å². The Kier molecular flexibility index (Phi) is 8.16. The number of fused-ring (bicyclic) bond motifs is 1. The summed E-state index contributed by atoms with van der Waals surface area (Å²) in [5, 5.41) is 0.605. The van der Waals surface area contributed by atoms with Crippen molar-refractivity contribution < 1.29 is 31.4 Å². The Morgan fingerprint density at radius 3 is 2.55 bits per heavy atom. The van der Waals surface area contributed by atoms with Crippen LogP contribution >= 0.6 is 11.6 Å². The highest BCUT2D eigenvalue weighted by Gasteiger charge is 2.36. The fraction of sp³-hybridized carbons (Fsp3) is 0.500. The van der Waals surface area contributed by atoms with Crippen LogP contribution in [0.4, 0.5) is 33.6 Å². The second kappa shape index (κ2) is 11.5. The Morgan fingerprint density at radius 1 is 1.10 bits per heavy atom. The number of hydrogen-bond donors (Lipinski definition) is 1. The SMILES string of the molecule is CN1C[C@H](OC(F)F)C[C@H]1COc1nc(N2CCCCC2)c2cc(Cl)c(-c3nc(N)ccc3C(F)(F)F)cc2n1. The van der Waals surface area contributed by atoms with E-state index in [-0.39, 0.29) is 35.1 Å². The first-order chi connectivity index (χ1) is 19.0. The number of alkyl halides is 5. The molecule has 2 atom stereocenters. The van der Waals surface area contributed by atoms with Crippen LogP contribution < -0.4 is 15.4 Å². The molecule has 0 radical (unpaired) electrons. The van der Waals surface area contributed by atoms with Crippen molar-refractivity contribution in [2.24, 2.45) is 0 Å². The van der Waals surface area contributed by atoms with Gasteiger partial charge in [0.1, 0.15) is 18.2 Å². The van der Waals surface area contributed by atoms with E-state index in [1.165, 1.54) is 6.07 Å². The maximum atomic E-state index is 13.8. The maximum Gasteiger partial charge on any atom is 0.418 e. The maximum absolute atomic E-state index is 13.8. The third kappa shape index (κ3) is 6.16. The van der Waals surface area contributed by atoms with Gasteiger partial charge in [-0.1, -0.05) is 11.6 Å². The van der Waals surface area contributed by atoms with Crippen LogP contribution in [-0.2, 0) is 10.9 Å². The zero-order valence-corrected chi connectivity index (χ0v) is 22.4. The quantitative estimate of drug-likeness (QED) is 0.357. The third-order valence-electron chi connectivity index (χ3n) is 7.23. The van der Waals surface area contributed by atoms with Crippen LogP contribution in [0.2, 0.25) is 5.02 Å². The molecular weight excluding hydrogens is 559 g/mol. The van der Waals surface area contributed by atoms with E-state index in [1.807, 2.05) is 4.90 Å². The lowest BCUT2D eigenvalue weighted by Crippen LogP contribution is -2.32. The highest BCUT2D eigenvalue weighted by molar-refractivity contribution is 6.34. The lowest BCUT2D eigenvalue weighted by atomic mass is 10.0. The predicted octanol–water partition coefficient (Wildman–Crippen LogP) is 5.63. The number of likely N-dealkylation sites (tertiary alicyclic amines) is 1. The number of nitrogen functional groups attached to an aromatic ring is 1. The summed E-state index contributed by atoms with van der Waals surface area (Å²) < 4.78 is 77.4. The number of nitrogens with zero attached hydrogens (tertiary/aromatic N) is 5. The molecule has 8 nitrogen and oxygen atoms in total. The smallest absolute Gasteiger partial charge is 0.418 e. The van der Waals surface area contributed by atoms with Gasteiger partial charge in [0, 0.05) is 36.6 Å². The summed E-state index contributed by atoms with van der Waals surface area (Å²) in [4.78, 5) is 17.0. The first kappa shape index (κ1) is 28.5. The molecule has 2 aliphatic rings. The van der Waals surface area contributed by atoms with Gasteiger partial charge in [-0.15, -0.1) is 0 Å². The highest BCUT2D eigenvalue weighted by atomic mass is 35.5. The minimum absolute atomic E-state index is 0.0181. The minimum Gasteiger partial charge on any atom is -0.462 e. The molecule has 0 amide bonds. The monoisotopic (exact) mass is 586 g/mol. The Labute approximate surface area is 232 Å². The second-order valence-electron chi connectivity index (χ2n) is 10.0. The highest BCUT2D eigenvalue weighted by Crippen LogP contribution is 2.41. The number of ether oxygens (including phenoxy) is 2. The van der Waals surface area contributed by atoms with Crippen LogP contribution in [0.25, 0.3) is 22.2 Å². The number of likely N-dealkylation sites (N-methyl/N-ethyl adjacent to an activating group) is 1. The molecule has 1 aromatic carbocycles. The van der Waals surface area contributed by atoms with Gasteiger partial charge in [0.05, 0.1) is 27.9 Å². The van der Waals surface area contributed by atoms with Crippen molar-refractivity contribution in [1.82, 2.24) is 19.9 Å².